The lowest BCUT2D eigenvalue weighted by atomic mass is 10.2. The zero-order valence-corrected chi connectivity index (χ0v) is 17.3. The van der Waals surface area contributed by atoms with Crippen molar-refractivity contribution in [2.75, 3.05) is 11.9 Å². The standard InChI is InChI=1S/C17H16F2N6O3S2/c1-24-8-14(20-9-24)30(27,28)25-6-2-3-13(25)16-22-23-17(29-16)15(26)21-10-4-5-11(18)12(19)7-10/h4-5,7-9,13H,2-3,6H2,1H3,(H,21,26)/t13-/m0/s1. The first-order valence-corrected chi connectivity index (χ1v) is 11.1. The zero-order chi connectivity index (χ0) is 21.5. The number of halogens is 2. The topological polar surface area (TPSA) is 110 Å². The van der Waals surface area contributed by atoms with E-state index in [1.165, 1.54) is 22.9 Å². The van der Waals surface area contributed by atoms with E-state index in [1.807, 2.05) is 0 Å². The molecule has 1 fully saturated rings. The molecule has 0 bridgehead atoms. The second kappa shape index (κ2) is 7.81. The summed E-state index contributed by atoms with van der Waals surface area (Å²) in [5, 5.41) is 10.6. The Bertz CT molecular complexity index is 1210. The third kappa shape index (κ3) is 3.82. The number of imidazole rings is 1. The molecule has 0 spiro atoms. The largest absolute Gasteiger partial charge is 0.339 e. The number of anilines is 1. The molecule has 30 heavy (non-hydrogen) atoms. The number of nitrogens with one attached hydrogen (secondary N) is 1. The Morgan fingerprint density at radius 3 is 2.77 bits per heavy atom. The Kier molecular flexibility index (Phi) is 5.34. The lowest BCUT2D eigenvalue weighted by molar-refractivity contribution is 0.102. The first kappa shape index (κ1) is 20.5. The third-order valence-corrected chi connectivity index (χ3v) is 7.37. The van der Waals surface area contributed by atoms with Crippen LogP contribution < -0.4 is 5.32 Å². The summed E-state index contributed by atoms with van der Waals surface area (Å²) < 4.78 is 55.1. The van der Waals surface area contributed by atoms with Gasteiger partial charge in [0, 0.05) is 31.5 Å². The van der Waals surface area contributed by atoms with Crippen molar-refractivity contribution in [2.24, 2.45) is 7.05 Å². The molecule has 4 rings (SSSR count). The lowest BCUT2D eigenvalue weighted by Crippen LogP contribution is -2.31. The van der Waals surface area contributed by atoms with E-state index in [-0.39, 0.29) is 15.7 Å². The molecule has 0 radical (unpaired) electrons. The van der Waals surface area contributed by atoms with Gasteiger partial charge in [-0.25, -0.2) is 22.2 Å². The van der Waals surface area contributed by atoms with Gasteiger partial charge in [-0.15, -0.1) is 10.2 Å². The number of benzene rings is 1. The van der Waals surface area contributed by atoms with Gasteiger partial charge in [-0.05, 0) is 25.0 Å². The Morgan fingerprint density at radius 2 is 2.07 bits per heavy atom. The Morgan fingerprint density at radius 1 is 1.27 bits per heavy atom. The first-order chi connectivity index (χ1) is 14.3. The first-order valence-electron chi connectivity index (χ1n) is 8.85. The normalized spacial score (nSPS) is 17.4. The van der Waals surface area contributed by atoms with Crippen LogP contribution in [0.15, 0.2) is 35.7 Å². The van der Waals surface area contributed by atoms with E-state index in [0.29, 0.717) is 24.4 Å². The molecule has 0 unspecified atom stereocenters. The van der Waals surface area contributed by atoms with Gasteiger partial charge in [0.05, 0.1) is 12.4 Å². The van der Waals surface area contributed by atoms with Crippen molar-refractivity contribution in [1.82, 2.24) is 24.1 Å². The molecule has 0 aliphatic carbocycles. The maximum absolute atomic E-state index is 13.3. The number of hydrogen-bond donors (Lipinski definition) is 1. The van der Waals surface area contributed by atoms with Crippen LogP contribution in [0.25, 0.3) is 0 Å². The molecule has 1 aliphatic heterocycles. The molecule has 0 saturated carbocycles. The van der Waals surface area contributed by atoms with Gasteiger partial charge in [-0.1, -0.05) is 11.3 Å². The molecular weight excluding hydrogens is 438 g/mol. The summed E-state index contributed by atoms with van der Waals surface area (Å²) in [6.07, 6.45) is 3.99. The average molecular weight is 454 g/mol. The zero-order valence-electron chi connectivity index (χ0n) is 15.6. The van der Waals surface area contributed by atoms with Crippen LogP contribution >= 0.6 is 11.3 Å². The maximum Gasteiger partial charge on any atom is 0.286 e. The van der Waals surface area contributed by atoms with Gasteiger partial charge in [-0.3, -0.25) is 4.79 Å². The number of nitrogens with zero attached hydrogens (tertiary/aromatic N) is 5. The van der Waals surface area contributed by atoms with Gasteiger partial charge in [0.2, 0.25) is 5.01 Å². The van der Waals surface area contributed by atoms with E-state index in [2.05, 4.69) is 20.5 Å². The van der Waals surface area contributed by atoms with Crippen molar-refractivity contribution in [1.29, 1.82) is 0 Å². The summed E-state index contributed by atoms with van der Waals surface area (Å²) in [6, 6.07) is 2.42. The van der Waals surface area contributed by atoms with Gasteiger partial charge in [0.1, 0.15) is 5.01 Å². The summed E-state index contributed by atoms with van der Waals surface area (Å²) in [4.78, 5) is 16.3. The van der Waals surface area contributed by atoms with Gasteiger partial charge in [0.15, 0.2) is 16.7 Å². The highest BCUT2D eigenvalue weighted by atomic mass is 32.2. The Labute approximate surface area is 174 Å². The quantitative estimate of drug-likeness (QED) is 0.634. The third-order valence-electron chi connectivity index (χ3n) is 4.56. The van der Waals surface area contributed by atoms with Crippen molar-refractivity contribution in [3.05, 3.63) is 52.4 Å². The number of aryl methyl sites for hydroxylation is 1. The molecule has 3 aromatic rings. The molecule has 9 nitrogen and oxygen atoms in total. The minimum absolute atomic E-state index is 0.0168. The van der Waals surface area contributed by atoms with Crippen molar-refractivity contribution >= 4 is 33.0 Å². The van der Waals surface area contributed by atoms with E-state index in [1.54, 1.807) is 11.6 Å². The summed E-state index contributed by atoms with van der Waals surface area (Å²) in [5.74, 6) is -2.77. The summed E-state index contributed by atoms with van der Waals surface area (Å²) in [6.45, 7) is 0.305. The number of amides is 1. The van der Waals surface area contributed by atoms with Crippen LogP contribution in [0, 0.1) is 11.6 Å². The number of hydrogen-bond acceptors (Lipinski definition) is 7. The van der Waals surface area contributed by atoms with E-state index in [9.17, 15) is 22.0 Å². The summed E-state index contributed by atoms with van der Waals surface area (Å²) in [7, 11) is -2.14. The highest BCUT2D eigenvalue weighted by Crippen LogP contribution is 2.37. The fourth-order valence-corrected chi connectivity index (χ4v) is 5.72. The minimum Gasteiger partial charge on any atom is -0.339 e. The van der Waals surface area contributed by atoms with Gasteiger partial charge in [0.25, 0.3) is 15.9 Å². The minimum atomic E-state index is -3.82. The SMILES string of the molecule is Cn1cnc(S(=O)(=O)N2CCC[C@H]2c2nnc(C(=O)Nc3ccc(F)c(F)c3)s2)c1. The van der Waals surface area contributed by atoms with E-state index in [0.717, 1.165) is 23.5 Å². The van der Waals surface area contributed by atoms with Crippen LogP contribution in [0.4, 0.5) is 14.5 Å². The average Bonchev–Trinajstić information content (AvgIpc) is 3.43. The van der Waals surface area contributed by atoms with Crippen LogP contribution in [0.2, 0.25) is 0 Å². The molecular formula is C17H16F2N6O3S2. The van der Waals surface area contributed by atoms with Crippen LogP contribution in [0.5, 0.6) is 0 Å². The number of aromatic nitrogens is 4. The van der Waals surface area contributed by atoms with Crippen molar-refractivity contribution < 1.29 is 22.0 Å². The van der Waals surface area contributed by atoms with Crippen molar-refractivity contribution in [3.8, 4) is 0 Å². The highest BCUT2D eigenvalue weighted by Gasteiger charge is 2.39. The molecule has 1 aromatic carbocycles. The maximum atomic E-state index is 13.3. The Balaban J connectivity index is 1.54. The van der Waals surface area contributed by atoms with Gasteiger partial charge in [-0.2, -0.15) is 4.31 Å². The molecule has 1 N–H and O–H groups in total. The van der Waals surface area contributed by atoms with Crippen LogP contribution in [0.3, 0.4) is 0 Å². The number of carbonyl (C=O) groups excluding carboxylic acids is 1. The molecule has 158 valence electrons. The van der Waals surface area contributed by atoms with E-state index >= 15 is 0 Å². The summed E-state index contributed by atoms with van der Waals surface area (Å²) >= 11 is 0.951. The van der Waals surface area contributed by atoms with Crippen molar-refractivity contribution in [2.45, 2.75) is 23.9 Å². The smallest absolute Gasteiger partial charge is 0.286 e. The monoisotopic (exact) mass is 454 g/mol. The summed E-state index contributed by atoms with van der Waals surface area (Å²) in [5.41, 5.74) is 0.0656. The molecule has 13 heteroatoms. The number of rotatable bonds is 5. The molecule has 1 atom stereocenters. The second-order valence-corrected chi connectivity index (χ2v) is 9.53. The fourth-order valence-electron chi connectivity index (χ4n) is 3.14. The fraction of sp³-hybridized carbons (Fsp3) is 0.294. The molecule has 1 amide bonds. The number of sulfonamides is 1. The highest BCUT2D eigenvalue weighted by molar-refractivity contribution is 7.89. The predicted octanol–water partition coefficient (Wildman–Crippen LogP) is 2.33. The Hall–Kier alpha value is -2.77. The molecule has 1 saturated heterocycles. The molecule has 2 aromatic heterocycles. The van der Waals surface area contributed by atoms with E-state index in [4.69, 9.17) is 0 Å². The molecule has 3 heterocycles. The van der Waals surface area contributed by atoms with Crippen LogP contribution in [0.1, 0.15) is 33.7 Å². The van der Waals surface area contributed by atoms with E-state index < -0.39 is 33.6 Å². The second-order valence-electron chi connectivity index (χ2n) is 6.68. The van der Waals surface area contributed by atoms with Gasteiger partial charge >= 0.3 is 0 Å². The lowest BCUT2D eigenvalue weighted by Gasteiger charge is -2.20. The van der Waals surface area contributed by atoms with Crippen LogP contribution in [-0.2, 0) is 17.1 Å². The van der Waals surface area contributed by atoms with Gasteiger partial charge < -0.3 is 9.88 Å². The number of carbonyl (C=O) groups is 1. The van der Waals surface area contributed by atoms with Crippen molar-refractivity contribution in [3.63, 3.8) is 0 Å². The van der Waals surface area contributed by atoms with Crippen LogP contribution in [-0.4, -0.2) is 44.9 Å². The predicted molar refractivity (Wildman–Crippen MR) is 103 cm³/mol. The molecule has 1 aliphatic rings.